The second kappa shape index (κ2) is 6.14. The zero-order valence-corrected chi connectivity index (χ0v) is 13.0. The third-order valence-corrected chi connectivity index (χ3v) is 3.67. The Balaban J connectivity index is 2.13. The molecule has 0 saturated heterocycles. The van der Waals surface area contributed by atoms with Crippen molar-refractivity contribution in [2.45, 2.75) is 40.8 Å². The van der Waals surface area contributed by atoms with Crippen LogP contribution in [0.25, 0.3) is 0 Å². The number of rotatable bonds is 5. The quantitative estimate of drug-likeness (QED) is 0.899. The summed E-state index contributed by atoms with van der Waals surface area (Å²) in [5, 5.41) is 3.14. The summed E-state index contributed by atoms with van der Waals surface area (Å²) in [4.78, 5) is 0. The second-order valence-corrected chi connectivity index (χ2v) is 5.27. The molecule has 0 unspecified atom stereocenters. The van der Waals surface area contributed by atoms with Crippen LogP contribution in [0.4, 0.5) is 0 Å². The minimum absolute atomic E-state index is 0.468. The van der Waals surface area contributed by atoms with Crippen LogP contribution in [0.5, 0.6) is 5.75 Å². The van der Waals surface area contributed by atoms with Crippen molar-refractivity contribution >= 4 is 0 Å². The molecule has 0 aliphatic carbocycles. The first-order chi connectivity index (χ1) is 9.52. The SMILES string of the molecule is CNCc1cc(COc2c(C)ccc(C)c2C)oc1C. The highest BCUT2D eigenvalue weighted by molar-refractivity contribution is 5.44. The number of hydrogen-bond donors (Lipinski definition) is 1. The van der Waals surface area contributed by atoms with E-state index in [2.05, 4.69) is 44.3 Å². The molecule has 0 radical (unpaired) electrons. The van der Waals surface area contributed by atoms with E-state index in [4.69, 9.17) is 9.15 Å². The van der Waals surface area contributed by atoms with E-state index in [1.807, 2.05) is 14.0 Å². The molecule has 1 N–H and O–H groups in total. The van der Waals surface area contributed by atoms with Crippen LogP contribution in [0, 0.1) is 27.7 Å². The summed E-state index contributed by atoms with van der Waals surface area (Å²) in [6, 6.07) is 6.28. The van der Waals surface area contributed by atoms with Gasteiger partial charge in [-0.1, -0.05) is 12.1 Å². The predicted octanol–water partition coefficient (Wildman–Crippen LogP) is 3.81. The van der Waals surface area contributed by atoms with Crippen molar-refractivity contribution in [3.8, 4) is 5.75 Å². The van der Waals surface area contributed by atoms with Gasteiger partial charge in [0.15, 0.2) is 0 Å². The van der Waals surface area contributed by atoms with E-state index in [0.29, 0.717) is 6.61 Å². The summed E-state index contributed by atoms with van der Waals surface area (Å²) in [7, 11) is 1.93. The lowest BCUT2D eigenvalue weighted by Gasteiger charge is -2.12. The predicted molar refractivity (Wildman–Crippen MR) is 81.2 cm³/mol. The molecule has 0 spiro atoms. The van der Waals surface area contributed by atoms with Gasteiger partial charge in [-0.05, 0) is 57.5 Å². The maximum atomic E-state index is 5.97. The van der Waals surface area contributed by atoms with Crippen LogP contribution >= 0.6 is 0 Å². The van der Waals surface area contributed by atoms with E-state index in [1.54, 1.807) is 0 Å². The van der Waals surface area contributed by atoms with Crippen LogP contribution < -0.4 is 10.1 Å². The van der Waals surface area contributed by atoms with Gasteiger partial charge in [0.1, 0.15) is 23.9 Å². The van der Waals surface area contributed by atoms with E-state index in [-0.39, 0.29) is 0 Å². The van der Waals surface area contributed by atoms with E-state index < -0.39 is 0 Å². The number of benzene rings is 1. The fourth-order valence-corrected chi connectivity index (χ4v) is 2.32. The van der Waals surface area contributed by atoms with Gasteiger partial charge in [-0.2, -0.15) is 0 Å². The molecule has 3 heteroatoms. The number of aryl methyl sites for hydroxylation is 3. The van der Waals surface area contributed by atoms with E-state index in [1.165, 1.54) is 16.7 Å². The summed E-state index contributed by atoms with van der Waals surface area (Å²) in [6.07, 6.45) is 0. The molecule has 0 atom stereocenters. The summed E-state index contributed by atoms with van der Waals surface area (Å²) in [6.45, 7) is 9.54. The Morgan fingerprint density at radius 1 is 1.10 bits per heavy atom. The Hall–Kier alpha value is -1.74. The average Bonchev–Trinajstić information content (AvgIpc) is 2.75. The van der Waals surface area contributed by atoms with Gasteiger partial charge < -0.3 is 14.5 Å². The molecule has 0 fully saturated rings. The van der Waals surface area contributed by atoms with Gasteiger partial charge >= 0.3 is 0 Å². The third-order valence-electron chi connectivity index (χ3n) is 3.67. The van der Waals surface area contributed by atoms with Crippen molar-refractivity contribution < 1.29 is 9.15 Å². The lowest BCUT2D eigenvalue weighted by molar-refractivity contribution is 0.264. The number of ether oxygens (including phenoxy) is 1. The fraction of sp³-hybridized carbons (Fsp3) is 0.412. The minimum atomic E-state index is 0.468. The van der Waals surface area contributed by atoms with Crippen LogP contribution in [-0.2, 0) is 13.2 Å². The van der Waals surface area contributed by atoms with Gasteiger partial charge in [0.25, 0.3) is 0 Å². The molecule has 108 valence electrons. The molecule has 0 bridgehead atoms. The normalized spacial score (nSPS) is 10.8. The summed E-state index contributed by atoms with van der Waals surface area (Å²) >= 11 is 0. The molecule has 0 aliphatic heterocycles. The standard InChI is InChI=1S/C17H23NO2/c1-11-6-7-12(2)17(13(11)3)19-10-16-8-15(9-18-5)14(4)20-16/h6-8,18H,9-10H2,1-5H3. The second-order valence-electron chi connectivity index (χ2n) is 5.27. The van der Waals surface area contributed by atoms with Crippen LogP contribution in [0.2, 0.25) is 0 Å². The molecule has 0 amide bonds. The van der Waals surface area contributed by atoms with Crippen molar-refractivity contribution in [3.05, 3.63) is 52.0 Å². The van der Waals surface area contributed by atoms with Crippen molar-refractivity contribution in [3.63, 3.8) is 0 Å². The highest BCUT2D eigenvalue weighted by atomic mass is 16.5. The molecular formula is C17H23NO2. The van der Waals surface area contributed by atoms with Gasteiger partial charge in [-0.15, -0.1) is 0 Å². The number of furan rings is 1. The average molecular weight is 273 g/mol. The van der Waals surface area contributed by atoms with Crippen LogP contribution in [0.1, 0.15) is 33.8 Å². The third kappa shape index (κ3) is 3.05. The van der Waals surface area contributed by atoms with Crippen molar-refractivity contribution in [2.75, 3.05) is 7.05 Å². The molecule has 1 heterocycles. The molecular weight excluding hydrogens is 250 g/mol. The lowest BCUT2D eigenvalue weighted by atomic mass is 10.1. The Labute approximate surface area is 121 Å². The van der Waals surface area contributed by atoms with Crippen LogP contribution in [0.3, 0.4) is 0 Å². The maximum absolute atomic E-state index is 5.97. The largest absolute Gasteiger partial charge is 0.485 e. The Kier molecular flexibility index (Phi) is 4.50. The summed E-state index contributed by atoms with van der Waals surface area (Å²) in [5.41, 5.74) is 4.79. The first-order valence-electron chi connectivity index (χ1n) is 6.95. The molecule has 20 heavy (non-hydrogen) atoms. The number of hydrogen-bond acceptors (Lipinski definition) is 3. The topological polar surface area (TPSA) is 34.4 Å². The van der Waals surface area contributed by atoms with Gasteiger partial charge in [0, 0.05) is 12.1 Å². The summed E-state index contributed by atoms with van der Waals surface area (Å²) < 4.78 is 11.7. The van der Waals surface area contributed by atoms with Crippen molar-refractivity contribution in [2.24, 2.45) is 0 Å². The molecule has 1 aromatic heterocycles. The lowest BCUT2D eigenvalue weighted by Crippen LogP contribution is -2.04. The molecule has 3 nitrogen and oxygen atoms in total. The first kappa shape index (κ1) is 14.7. The zero-order valence-electron chi connectivity index (χ0n) is 13.0. The smallest absolute Gasteiger partial charge is 0.146 e. The Morgan fingerprint density at radius 2 is 1.80 bits per heavy atom. The maximum Gasteiger partial charge on any atom is 0.146 e. The van der Waals surface area contributed by atoms with Gasteiger partial charge in [-0.3, -0.25) is 0 Å². The zero-order chi connectivity index (χ0) is 14.7. The fourth-order valence-electron chi connectivity index (χ4n) is 2.32. The van der Waals surface area contributed by atoms with Crippen LogP contribution in [-0.4, -0.2) is 7.05 Å². The molecule has 0 aliphatic rings. The highest BCUT2D eigenvalue weighted by Gasteiger charge is 2.10. The first-order valence-corrected chi connectivity index (χ1v) is 6.95. The van der Waals surface area contributed by atoms with E-state index in [0.717, 1.165) is 29.4 Å². The van der Waals surface area contributed by atoms with Gasteiger partial charge in [0.05, 0.1) is 0 Å². The van der Waals surface area contributed by atoms with Crippen molar-refractivity contribution in [1.29, 1.82) is 0 Å². The molecule has 1 aromatic carbocycles. The molecule has 0 saturated carbocycles. The van der Waals surface area contributed by atoms with Gasteiger partial charge in [-0.25, -0.2) is 0 Å². The minimum Gasteiger partial charge on any atom is -0.485 e. The monoisotopic (exact) mass is 273 g/mol. The number of nitrogens with one attached hydrogen (secondary N) is 1. The van der Waals surface area contributed by atoms with Crippen molar-refractivity contribution in [1.82, 2.24) is 5.32 Å². The Morgan fingerprint density at radius 3 is 2.50 bits per heavy atom. The van der Waals surface area contributed by atoms with Gasteiger partial charge in [0.2, 0.25) is 0 Å². The molecule has 2 rings (SSSR count). The summed E-state index contributed by atoms with van der Waals surface area (Å²) in [5.74, 6) is 2.79. The molecule has 2 aromatic rings. The van der Waals surface area contributed by atoms with E-state index >= 15 is 0 Å². The van der Waals surface area contributed by atoms with Crippen LogP contribution in [0.15, 0.2) is 22.6 Å². The van der Waals surface area contributed by atoms with E-state index in [9.17, 15) is 0 Å². The highest BCUT2D eigenvalue weighted by Crippen LogP contribution is 2.27. The Bertz CT molecular complexity index is 599.